The van der Waals surface area contributed by atoms with Crippen LogP contribution in [-0.4, -0.2) is 32.6 Å². The van der Waals surface area contributed by atoms with Gasteiger partial charge in [0, 0.05) is 24.4 Å². The Morgan fingerprint density at radius 2 is 2.00 bits per heavy atom. The number of sulfonamides is 1. The molecule has 3 aromatic heterocycles. The van der Waals surface area contributed by atoms with Crippen LogP contribution in [0.15, 0.2) is 35.9 Å². The molecule has 132 valence electrons. The van der Waals surface area contributed by atoms with Gasteiger partial charge in [0.15, 0.2) is 10.7 Å². The molecule has 1 aliphatic rings. The number of anilines is 1. The van der Waals surface area contributed by atoms with E-state index < -0.39 is 10.0 Å². The van der Waals surface area contributed by atoms with Gasteiger partial charge in [-0.25, -0.2) is 4.98 Å². The predicted molar refractivity (Wildman–Crippen MR) is 93.0 cm³/mol. The van der Waals surface area contributed by atoms with E-state index >= 15 is 0 Å². The molecule has 8 nitrogen and oxygen atoms in total. The molecule has 0 unspecified atom stereocenters. The number of nitrogens with zero attached hydrogens (tertiary/aromatic N) is 5. The van der Waals surface area contributed by atoms with Gasteiger partial charge >= 0.3 is 0 Å². The number of rotatable bonds is 5. The van der Waals surface area contributed by atoms with Crippen molar-refractivity contribution >= 4 is 21.4 Å². The first-order valence-electron chi connectivity index (χ1n) is 8.35. The minimum Gasteiger partial charge on any atom is -0.334 e. The molecule has 0 atom stereocenters. The van der Waals surface area contributed by atoms with Crippen molar-refractivity contribution in [2.75, 3.05) is 4.72 Å². The van der Waals surface area contributed by atoms with Gasteiger partial charge in [-0.1, -0.05) is 6.42 Å². The van der Waals surface area contributed by atoms with Crippen LogP contribution in [0.1, 0.15) is 50.9 Å². The van der Waals surface area contributed by atoms with Crippen LogP contribution in [-0.2, 0) is 10.0 Å². The summed E-state index contributed by atoms with van der Waals surface area (Å²) in [5, 5.41) is 8.42. The molecule has 1 fully saturated rings. The molecule has 3 heterocycles. The lowest BCUT2D eigenvalue weighted by molar-refractivity contribution is 0.399. The average molecular weight is 360 g/mol. The van der Waals surface area contributed by atoms with Crippen LogP contribution < -0.4 is 4.72 Å². The summed E-state index contributed by atoms with van der Waals surface area (Å²) in [7, 11) is -3.74. The molecule has 1 saturated carbocycles. The van der Waals surface area contributed by atoms with Crippen LogP contribution in [0, 0.1) is 0 Å². The van der Waals surface area contributed by atoms with E-state index in [-0.39, 0.29) is 11.1 Å². The lowest BCUT2D eigenvalue weighted by Crippen LogP contribution is -2.15. The second-order valence-corrected chi connectivity index (χ2v) is 8.32. The zero-order valence-electron chi connectivity index (χ0n) is 14.1. The van der Waals surface area contributed by atoms with Gasteiger partial charge in [-0.2, -0.15) is 8.42 Å². The maximum absolute atomic E-state index is 12.6. The number of hydrogen-bond acceptors (Lipinski definition) is 5. The highest BCUT2D eigenvalue weighted by molar-refractivity contribution is 7.92. The molecule has 0 aliphatic heterocycles. The van der Waals surface area contributed by atoms with Crippen LogP contribution in [0.5, 0.6) is 0 Å². The molecule has 1 N–H and O–H groups in total. The molecule has 0 saturated heterocycles. The van der Waals surface area contributed by atoms with E-state index in [4.69, 9.17) is 0 Å². The summed E-state index contributed by atoms with van der Waals surface area (Å²) in [6, 6.07) is 3.60. The van der Waals surface area contributed by atoms with Crippen LogP contribution >= 0.6 is 0 Å². The fraction of sp³-hybridized carbons (Fsp3) is 0.438. The molecule has 25 heavy (non-hydrogen) atoms. The van der Waals surface area contributed by atoms with E-state index in [1.54, 1.807) is 22.9 Å². The van der Waals surface area contributed by atoms with Crippen LogP contribution in [0.25, 0.3) is 5.65 Å². The van der Waals surface area contributed by atoms with E-state index in [0.29, 0.717) is 17.3 Å². The number of hydrogen-bond donors (Lipinski definition) is 1. The number of nitrogens with one attached hydrogen (secondary N) is 1. The summed E-state index contributed by atoms with van der Waals surface area (Å²) in [5.41, 5.74) is 1.18. The molecule has 0 amide bonds. The quantitative estimate of drug-likeness (QED) is 0.755. The smallest absolute Gasteiger partial charge is 0.280 e. The summed E-state index contributed by atoms with van der Waals surface area (Å²) < 4.78 is 31.4. The second kappa shape index (κ2) is 5.83. The van der Waals surface area contributed by atoms with Crippen LogP contribution in [0.4, 0.5) is 5.69 Å². The fourth-order valence-corrected chi connectivity index (χ4v) is 3.84. The van der Waals surface area contributed by atoms with Gasteiger partial charge in [0.25, 0.3) is 10.0 Å². The molecule has 9 heteroatoms. The first-order valence-corrected chi connectivity index (χ1v) is 9.83. The summed E-state index contributed by atoms with van der Waals surface area (Å²) >= 11 is 0. The third-order valence-electron chi connectivity index (χ3n) is 4.60. The average Bonchev–Trinajstić information content (AvgIpc) is 3.13. The number of fused-ring (bicyclic) bond motifs is 1. The van der Waals surface area contributed by atoms with Crippen molar-refractivity contribution in [1.29, 1.82) is 0 Å². The molecule has 0 aromatic carbocycles. The molecule has 3 aromatic rings. The van der Waals surface area contributed by atoms with Gasteiger partial charge in [-0.05, 0) is 38.8 Å². The van der Waals surface area contributed by atoms with Crippen molar-refractivity contribution in [1.82, 2.24) is 24.1 Å². The normalized spacial score (nSPS) is 15.6. The van der Waals surface area contributed by atoms with Crippen molar-refractivity contribution in [2.45, 2.75) is 50.1 Å². The molecule has 0 spiro atoms. The molecule has 0 bridgehead atoms. The van der Waals surface area contributed by atoms with E-state index in [1.807, 2.05) is 18.2 Å². The monoisotopic (exact) mass is 360 g/mol. The summed E-state index contributed by atoms with van der Waals surface area (Å²) in [5.74, 6) is 1.30. The Morgan fingerprint density at radius 1 is 1.20 bits per heavy atom. The largest absolute Gasteiger partial charge is 0.334 e. The van der Waals surface area contributed by atoms with Gasteiger partial charge in [0.2, 0.25) is 0 Å². The second-order valence-electron chi connectivity index (χ2n) is 6.69. The SMILES string of the molecule is CC(C)n1cnc(S(=O)(=O)Nc2ccc3nnc(C4CCC4)n3c2)c1. The number of pyridine rings is 1. The zero-order chi connectivity index (χ0) is 17.6. The minimum absolute atomic E-state index is 0.00395. The van der Waals surface area contributed by atoms with Gasteiger partial charge in [0.05, 0.1) is 12.0 Å². The molecule has 1 aliphatic carbocycles. The van der Waals surface area contributed by atoms with E-state index in [1.165, 1.54) is 18.9 Å². The van der Waals surface area contributed by atoms with Crippen molar-refractivity contribution in [3.05, 3.63) is 36.7 Å². The van der Waals surface area contributed by atoms with Crippen molar-refractivity contribution in [3.63, 3.8) is 0 Å². The van der Waals surface area contributed by atoms with E-state index in [2.05, 4.69) is 19.9 Å². The van der Waals surface area contributed by atoms with Gasteiger partial charge < -0.3 is 4.57 Å². The predicted octanol–water partition coefficient (Wildman–Crippen LogP) is 2.58. The van der Waals surface area contributed by atoms with Crippen LogP contribution in [0.2, 0.25) is 0 Å². The Labute approximate surface area is 146 Å². The highest BCUT2D eigenvalue weighted by Gasteiger charge is 2.25. The molecule has 4 rings (SSSR count). The summed E-state index contributed by atoms with van der Waals surface area (Å²) in [6.07, 6.45) is 8.19. The Kier molecular flexibility index (Phi) is 3.75. The molecular formula is C16H20N6O2S. The standard InChI is InChI=1S/C16H20N6O2S/c1-11(2)21-9-15(17-10-21)25(23,24)20-13-6-7-14-18-19-16(22(14)8-13)12-4-3-5-12/h6-12,20H,3-5H2,1-2H3. The zero-order valence-corrected chi connectivity index (χ0v) is 14.9. The summed E-state index contributed by atoms with van der Waals surface area (Å²) in [4.78, 5) is 4.01. The Hall–Kier alpha value is -2.42. The van der Waals surface area contributed by atoms with E-state index in [9.17, 15) is 8.42 Å². The van der Waals surface area contributed by atoms with Crippen LogP contribution in [0.3, 0.4) is 0 Å². The Morgan fingerprint density at radius 3 is 2.64 bits per heavy atom. The van der Waals surface area contributed by atoms with Gasteiger partial charge in [-0.3, -0.25) is 9.12 Å². The summed E-state index contributed by atoms with van der Waals surface area (Å²) in [6.45, 7) is 3.93. The maximum Gasteiger partial charge on any atom is 0.280 e. The number of aromatic nitrogens is 5. The topological polar surface area (TPSA) is 94.2 Å². The van der Waals surface area contributed by atoms with Crippen molar-refractivity contribution < 1.29 is 8.42 Å². The minimum atomic E-state index is -3.74. The third kappa shape index (κ3) is 2.88. The first kappa shape index (κ1) is 16.1. The fourth-order valence-electron chi connectivity index (χ4n) is 2.86. The third-order valence-corrected chi connectivity index (χ3v) is 5.87. The highest BCUT2D eigenvalue weighted by Crippen LogP contribution is 2.35. The Bertz CT molecular complexity index is 1020. The lowest BCUT2D eigenvalue weighted by Gasteiger charge is -2.23. The Balaban J connectivity index is 1.64. The number of imidazole rings is 1. The maximum atomic E-state index is 12.6. The van der Waals surface area contributed by atoms with E-state index in [0.717, 1.165) is 18.7 Å². The van der Waals surface area contributed by atoms with Gasteiger partial charge in [0.1, 0.15) is 5.82 Å². The van der Waals surface area contributed by atoms with Crippen molar-refractivity contribution in [2.24, 2.45) is 0 Å². The molecule has 0 radical (unpaired) electrons. The first-order chi connectivity index (χ1) is 11.9. The van der Waals surface area contributed by atoms with Crippen molar-refractivity contribution in [3.8, 4) is 0 Å². The highest BCUT2D eigenvalue weighted by atomic mass is 32.2. The lowest BCUT2D eigenvalue weighted by atomic mass is 9.85. The molecular weight excluding hydrogens is 340 g/mol. The van der Waals surface area contributed by atoms with Gasteiger partial charge in [-0.15, -0.1) is 10.2 Å².